The zero-order chi connectivity index (χ0) is 18.8. The first-order valence-electron chi connectivity index (χ1n) is 9.03. The summed E-state index contributed by atoms with van der Waals surface area (Å²) in [4.78, 5) is 4.62. The minimum absolute atomic E-state index is 0.128. The van der Waals surface area contributed by atoms with Gasteiger partial charge in [-0.15, -0.1) is 21.5 Å². The van der Waals surface area contributed by atoms with E-state index in [9.17, 15) is 0 Å². The van der Waals surface area contributed by atoms with Crippen LogP contribution in [0, 0.1) is 6.92 Å². The monoisotopic (exact) mass is 385 g/mol. The Labute approximate surface area is 162 Å². The molecule has 3 aromatic rings. The van der Waals surface area contributed by atoms with Crippen molar-refractivity contribution >= 4 is 11.3 Å². The van der Waals surface area contributed by atoms with Crippen molar-refractivity contribution in [3.05, 3.63) is 46.7 Å². The zero-order valence-corrected chi connectivity index (χ0v) is 16.6. The van der Waals surface area contributed by atoms with Crippen LogP contribution in [-0.4, -0.2) is 35.9 Å². The molecule has 142 valence electrons. The van der Waals surface area contributed by atoms with E-state index >= 15 is 0 Å². The highest BCUT2D eigenvalue weighted by Crippen LogP contribution is 2.38. The summed E-state index contributed by atoms with van der Waals surface area (Å²) in [5, 5.41) is 8.61. The Balaban J connectivity index is 1.56. The molecule has 1 aromatic carbocycles. The standard InChI is InChI=1S/C20H23N3O3S/c1-13-9-10-17(27-13)20-22-21-19(26-20)15-7-5-11-23(15)12-14-6-4-8-16(24-2)18(14)25-3/h4,6,8-10,15H,5,7,11-12H2,1-3H3. The third-order valence-corrected chi connectivity index (χ3v) is 5.89. The van der Waals surface area contributed by atoms with Gasteiger partial charge in [-0.05, 0) is 44.5 Å². The van der Waals surface area contributed by atoms with Crippen LogP contribution in [0.3, 0.4) is 0 Å². The molecule has 1 saturated heterocycles. The van der Waals surface area contributed by atoms with Crippen molar-refractivity contribution in [1.29, 1.82) is 0 Å². The normalized spacial score (nSPS) is 17.4. The molecule has 0 bridgehead atoms. The molecule has 3 heterocycles. The van der Waals surface area contributed by atoms with Crippen molar-refractivity contribution in [2.45, 2.75) is 32.4 Å². The van der Waals surface area contributed by atoms with E-state index in [0.717, 1.165) is 47.9 Å². The van der Waals surface area contributed by atoms with Gasteiger partial charge < -0.3 is 13.9 Å². The molecule has 0 amide bonds. The van der Waals surface area contributed by atoms with Crippen molar-refractivity contribution in [3.8, 4) is 22.3 Å². The number of hydrogen-bond donors (Lipinski definition) is 0. The van der Waals surface area contributed by atoms with Gasteiger partial charge >= 0.3 is 0 Å². The van der Waals surface area contributed by atoms with Crippen molar-refractivity contribution < 1.29 is 13.9 Å². The number of likely N-dealkylation sites (tertiary alicyclic amines) is 1. The molecule has 1 fully saturated rings. The molecule has 6 nitrogen and oxygen atoms in total. The lowest BCUT2D eigenvalue weighted by atomic mass is 10.1. The van der Waals surface area contributed by atoms with Crippen molar-refractivity contribution in [2.75, 3.05) is 20.8 Å². The van der Waals surface area contributed by atoms with E-state index in [2.05, 4.69) is 34.2 Å². The quantitative estimate of drug-likeness (QED) is 0.624. The van der Waals surface area contributed by atoms with Gasteiger partial charge in [0, 0.05) is 17.0 Å². The lowest BCUT2D eigenvalue weighted by Gasteiger charge is -2.23. The van der Waals surface area contributed by atoms with E-state index in [4.69, 9.17) is 13.9 Å². The van der Waals surface area contributed by atoms with E-state index in [1.54, 1.807) is 25.6 Å². The van der Waals surface area contributed by atoms with E-state index in [-0.39, 0.29) is 6.04 Å². The number of hydrogen-bond acceptors (Lipinski definition) is 7. The maximum atomic E-state index is 6.03. The third kappa shape index (κ3) is 3.57. The average molecular weight is 385 g/mol. The number of para-hydroxylation sites is 1. The Hall–Kier alpha value is -2.38. The van der Waals surface area contributed by atoms with Crippen molar-refractivity contribution in [3.63, 3.8) is 0 Å². The molecule has 0 saturated carbocycles. The highest BCUT2D eigenvalue weighted by Gasteiger charge is 2.31. The SMILES string of the molecule is COc1cccc(CN2CCCC2c2nnc(-c3ccc(C)s3)o2)c1OC. The van der Waals surface area contributed by atoms with Gasteiger partial charge in [-0.3, -0.25) is 4.90 Å². The van der Waals surface area contributed by atoms with Gasteiger partial charge in [-0.25, -0.2) is 0 Å². The third-order valence-electron chi connectivity index (χ3n) is 4.90. The summed E-state index contributed by atoms with van der Waals surface area (Å²) in [6.07, 6.45) is 2.12. The maximum absolute atomic E-state index is 6.03. The van der Waals surface area contributed by atoms with Crippen LogP contribution in [0.2, 0.25) is 0 Å². The minimum atomic E-state index is 0.128. The Kier molecular flexibility index (Phi) is 5.13. The van der Waals surface area contributed by atoms with E-state index < -0.39 is 0 Å². The number of thiophene rings is 1. The number of methoxy groups -OCH3 is 2. The molecular weight excluding hydrogens is 362 g/mol. The Morgan fingerprint density at radius 1 is 1.19 bits per heavy atom. The molecule has 1 aliphatic rings. The maximum Gasteiger partial charge on any atom is 0.257 e. The lowest BCUT2D eigenvalue weighted by molar-refractivity contribution is 0.212. The first-order chi connectivity index (χ1) is 13.2. The first-order valence-corrected chi connectivity index (χ1v) is 9.85. The summed E-state index contributed by atoms with van der Waals surface area (Å²) in [7, 11) is 3.34. The second-order valence-corrected chi connectivity index (χ2v) is 7.92. The van der Waals surface area contributed by atoms with Gasteiger partial charge in [0.05, 0.1) is 25.1 Å². The fraction of sp³-hybridized carbons (Fsp3) is 0.400. The summed E-state index contributed by atoms with van der Waals surface area (Å²) < 4.78 is 17.0. The molecule has 0 spiro atoms. The van der Waals surface area contributed by atoms with Crippen LogP contribution in [0.1, 0.15) is 35.2 Å². The van der Waals surface area contributed by atoms with Crippen LogP contribution in [-0.2, 0) is 6.54 Å². The number of nitrogens with zero attached hydrogens (tertiary/aromatic N) is 3. The van der Waals surface area contributed by atoms with Crippen LogP contribution in [0.25, 0.3) is 10.8 Å². The summed E-state index contributed by atoms with van der Waals surface area (Å²) in [5.74, 6) is 2.83. The summed E-state index contributed by atoms with van der Waals surface area (Å²) in [6, 6.07) is 10.2. The summed E-state index contributed by atoms with van der Waals surface area (Å²) in [6.45, 7) is 3.81. The number of aromatic nitrogens is 2. The highest BCUT2D eigenvalue weighted by molar-refractivity contribution is 7.15. The molecule has 4 rings (SSSR count). The van der Waals surface area contributed by atoms with E-state index in [1.807, 2.05) is 18.2 Å². The largest absolute Gasteiger partial charge is 0.493 e. The fourth-order valence-electron chi connectivity index (χ4n) is 3.61. The predicted octanol–water partition coefficient (Wildman–Crippen LogP) is 4.46. The zero-order valence-electron chi connectivity index (χ0n) is 15.8. The fourth-order valence-corrected chi connectivity index (χ4v) is 4.40. The van der Waals surface area contributed by atoms with Gasteiger partial charge in [-0.1, -0.05) is 12.1 Å². The second kappa shape index (κ2) is 7.70. The Morgan fingerprint density at radius 2 is 2.07 bits per heavy atom. The molecule has 2 aromatic heterocycles. The number of rotatable bonds is 6. The molecular formula is C20H23N3O3S. The van der Waals surface area contributed by atoms with Gasteiger partial charge in [0.25, 0.3) is 5.89 Å². The lowest BCUT2D eigenvalue weighted by Crippen LogP contribution is -2.23. The van der Waals surface area contributed by atoms with E-state index in [0.29, 0.717) is 11.8 Å². The molecule has 27 heavy (non-hydrogen) atoms. The van der Waals surface area contributed by atoms with E-state index in [1.165, 1.54) is 4.88 Å². The van der Waals surface area contributed by atoms with Gasteiger partial charge in [0.1, 0.15) is 0 Å². The van der Waals surface area contributed by atoms with Crippen molar-refractivity contribution in [1.82, 2.24) is 15.1 Å². The second-order valence-electron chi connectivity index (χ2n) is 6.64. The number of ether oxygens (including phenoxy) is 2. The molecule has 1 aliphatic heterocycles. The first kappa shape index (κ1) is 18.0. The Bertz CT molecular complexity index is 921. The minimum Gasteiger partial charge on any atom is -0.493 e. The van der Waals surface area contributed by atoms with Crippen LogP contribution in [0.5, 0.6) is 11.5 Å². The van der Waals surface area contributed by atoms with Crippen LogP contribution < -0.4 is 9.47 Å². The molecule has 1 unspecified atom stereocenters. The molecule has 7 heteroatoms. The predicted molar refractivity (Wildman–Crippen MR) is 104 cm³/mol. The summed E-state index contributed by atoms with van der Waals surface area (Å²) >= 11 is 1.67. The summed E-state index contributed by atoms with van der Waals surface area (Å²) in [5.41, 5.74) is 1.09. The van der Waals surface area contributed by atoms with Crippen molar-refractivity contribution in [2.24, 2.45) is 0 Å². The van der Waals surface area contributed by atoms with Crippen LogP contribution in [0.15, 0.2) is 34.7 Å². The number of aryl methyl sites for hydroxylation is 1. The number of benzene rings is 1. The van der Waals surface area contributed by atoms with Gasteiger partial charge in [0.2, 0.25) is 5.89 Å². The average Bonchev–Trinajstić information content (AvgIpc) is 3.41. The topological polar surface area (TPSA) is 60.6 Å². The van der Waals surface area contributed by atoms with Gasteiger partial charge in [0.15, 0.2) is 11.5 Å². The molecule has 1 atom stereocenters. The van der Waals surface area contributed by atoms with Crippen LogP contribution >= 0.6 is 11.3 Å². The molecule has 0 aliphatic carbocycles. The molecule has 0 N–H and O–H groups in total. The van der Waals surface area contributed by atoms with Gasteiger partial charge in [-0.2, -0.15) is 0 Å². The highest BCUT2D eigenvalue weighted by atomic mass is 32.1. The Morgan fingerprint density at radius 3 is 2.81 bits per heavy atom. The smallest absolute Gasteiger partial charge is 0.257 e. The van der Waals surface area contributed by atoms with Crippen LogP contribution in [0.4, 0.5) is 0 Å². The molecule has 0 radical (unpaired) electrons.